The van der Waals surface area contributed by atoms with E-state index in [0.29, 0.717) is 11.3 Å². The first-order valence-electron chi connectivity index (χ1n) is 4.85. The molecule has 0 aliphatic carbocycles. The van der Waals surface area contributed by atoms with Crippen molar-refractivity contribution in [3.05, 3.63) is 33.6 Å². The quantitative estimate of drug-likeness (QED) is 0.465. The summed E-state index contributed by atoms with van der Waals surface area (Å²) in [5, 5.41) is 13.2. The number of rotatable bonds is 2. The maximum atomic E-state index is 10.7. The van der Waals surface area contributed by atoms with Gasteiger partial charge in [-0.3, -0.25) is 19.9 Å². The van der Waals surface area contributed by atoms with E-state index in [1.54, 1.807) is 6.92 Å². The van der Waals surface area contributed by atoms with Gasteiger partial charge in [0.25, 0.3) is 5.69 Å². The summed E-state index contributed by atoms with van der Waals surface area (Å²) in [6.07, 6.45) is 1.46. The first kappa shape index (κ1) is 12.6. The Bertz CT molecular complexity index is 514. The van der Waals surface area contributed by atoms with Crippen LogP contribution in [0.4, 0.5) is 5.69 Å². The molecule has 1 rings (SSSR count). The van der Waals surface area contributed by atoms with Gasteiger partial charge in [0.05, 0.1) is 11.5 Å². The summed E-state index contributed by atoms with van der Waals surface area (Å²) >= 11 is 0. The number of nitrogens with zero attached hydrogens (tertiary/aromatic N) is 2. The minimum Gasteiger partial charge on any atom is -0.345 e. The van der Waals surface area contributed by atoms with Crippen LogP contribution in [0.25, 0.3) is 0 Å². The van der Waals surface area contributed by atoms with Crippen LogP contribution >= 0.6 is 0 Å². The average molecular weight is 233 g/mol. The van der Waals surface area contributed by atoms with Crippen molar-refractivity contribution in [2.24, 2.45) is 0 Å². The highest BCUT2D eigenvalue weighted by Gasteiger charge is 2.11. The Kier molecular flexibility index (Phi) is 4.17. The first-order chi connectivity index (χ1) is 8.00. The van der Waals surface area contributed by atoms with E-state index in [9.17, 15) is 14.9 Å². The van der Waals surface area contributed by atoms with E-state index < -0.39 is 4.92 Å². The van der Waals surface area contributed by atoms with Crippen LogP contribution in [0.3, 0.4) is 0 Å². The van der Waals surface area contributed by atoms with Gasteiger partial charge in [0.2, 0.25) is 5.91 Å². The SMILES string of the molecule is CC(=O)NCC#Cc1cnc(C)c([N+](=O)[O-])c1. The highest BCUT2D eigenvalue weighted by Crippen LogP contribution is 2.15. The van der Waals surface area contributed by atoms with Gasteiger partial charge in [-0.1, -0.05) is 11.8 Å². The molecule has 0 aromatic carbocycles. The molecule has 0 aliphatic rings. The Balaban J connectivity index is 2.82. The number of hydrogen-bond donors (Lipinski definition) is 1. The normalized spacial score (nSPS) is 9.06. The summed E-state index contributed by atoms with van der Waals surface area (Å²) in [6, 6.07) is 1.36. The van der Waals surface area contributed by atoms with Crippen molar-refractivity contribution in [3.8, 4) is 11.8 Å². The number of nitro groups is 1. The summed E-state index contributed by atoms with van der Waals surface area (Å²) in [7, 11) is 0. The monoisotopic (exact) mass is 233 g/mol. The number of carbonyl (C=O) groups excluding carboxylic acids is 1. The summed E-state index contributed by atoms with van der Waals surface area (Å²) in [5.41, 5.74) is 0.742. The number of aryl methyl sites for hydroxylation is 1. The predicted molar refractivity (Wildman–Crippen MR) is 61.2 cm³/mol. The largest absolute Gasteiger partial charge is 0.345 e. The number of aromatic nitrogens is 1. The molecular formula is C11H11N3O3. The van der Waals surface area contributed by atoms with E-state index in [1.165, 1.54) is 19.2 Å². The van der Waals surface area contributed by atoms with Crippen molar-refractivity contribution in [2.75, 3.05) is 6.54 Å². The fraction of sp³-hybridized carbons (Fsp3) is 0.273. The van der Waals surface area contributed by atoms with Crippen LogP contribution in [-0.4, -0.2) is 22.4 Å². The van der Waals surface area contributed by atoms with Crippen LogP contribution in [0, 0.1) is 28.9 Å². The second-order valence-corrected chi connectivity index (χ2v) is 3.30. The van der Waals surface area contributed by atoms with Gasteiger partial charge in [-0.15, -0.1) is 0 Å². The second-order valence-electron chi connectivity index (χ2n) is 3.30. The molecule has 17 heavy (non-hydrogen) atoms. The molecule has 1 amide bonds. The summed E-state index contributed by atoms with van der Waals surface area (Å²) in [5.74, 6) is 5.19. The first-order valence-corrected chi connectivity index (χ1v) is 4.85. The molecule has 1 N–H and O–H groups in total. The molecule has 6 nitrogen and oxygen atoms in total. The van der Waals surface area contributed by atoms with E-state index in [1.807, 2.05) is 0 Å². The molecule has 0 spiro atoms. The molecule has 0 unspecified atom stereocenters. The van der Waals surface area contributed by atoms with E-state index in [2.05, 4.69) is 22.1 Å². The lowest BCUT2D eigenvalue weighted by Crippen LogP contribution is -2.19. The zero-order chi connectivity index (χ0) is 12.8. The summed E-state index contributed by atoms with van der Waals surface area (Å²) in [4.78, 5) is 24.6. The molecule has 0 saturated heterocycles. The van der Waals surface area contributed by atoms with Crippen molar-refractivity contribution in [1.82, 2.24) is 10.3 Å². The molecule has 0 aliphatic heterocycles. The highest BCUT2D eigenvalue weighted by atomic mass is 16.6. The number of hydrogen-bond acceptors (Lipinski definition) is 4. The van der Waals surface area contributed by atoms with Crippen molar-refractivity contribution < 1.29 is 9.72 Å². The molecule has 6 heteroatoms. The zero-order valence-electron chi connectivity index (χ0n) is 9.48. The lowest BCUT2D eigenvalue weighted by atomic mass is 10.2. The van der Waals surface area contributed by atoms with Gasteiger partial charge in [-0.25, -0.2) is 0 Å². The van der Waals surface area contributed by atoms with E-state index in [-0.39, 0.29) is 18.1 Å². The minimum atomic E-state index is -0.499. The Morgan fingerprint density at radius 3 is 2.94 bits per heavy atom. The third kappa shape index (κ3) is 3.91. The van der Waals surface area contributed by atoms with Gasteiger partial charge in [0.1, 0.15) is 5.69 Å². The molecule has 1 heterocycles. The smallest absolute Gasteiger partial charge is 0.291 e. The van der Waals surface area contributed by atoms with E-state index in [0.717, 1.165) is 0 Å². The standard InChI is InChI=1S/C11H11N3O3/c1-8-11(14(16)17)6-10(7-13-8)4-3-5-12-9(2)15/h6-7H,5H2,1-2H3,(H,12,15). The molecule has 0 saturated carbocycles. The molecule has 88 valence electrons. The molecule has 0 fully saturated rings. The maximum Gasteiger partial charge on any atom is 0.291 e. The number of carbonyl (C=O) groups is 1. The van der Waals surface area contributed by atoms with Crippen molar-refractivity contribution in [2.45, 2.75) is 13.8 Å². The van der Waals surface area contributed by atoms with Gasteiger partial charge in [-0.2, -0.15) is 0 Å². The number of pyridine rings is 1. The van der Waals surface area contributed by atoms with E-state index >= 15 is 0 Å². The van der Waals surface area contributed by atoms with Crippen LogP contribution in [0.2, 0.25) is 0 Å². The van der Waals surface area contributed by atoms with Crippen molar-refractivity contribution in [1.29, 1.82) is 0 Å². The lowest BCUT2D eigenvalue weighted by molar-refractivity contribution is -0.385. The molecule has 1 aromatic rings. The fourth-order valence-corrected chi connectivity index (χ4v) is 1.09. The Morgan fingerprint density at radius 2 is 2.35 bits per heavy atom. The maximum absolute atomic E-state index is 10.7. The summed E-state index contributed by atoms with van der Waals surface area (Å²) in [6.45, 7) is 3.16. The van der Waals surface area contributed by atoms with E-state index in [4.69, 9.17) is 0 Å². The van der Waals surface area contributed by atoms with Gasteiger partial charge in [0, 0.05) is 24.8 Å². The third-order valence-electron chi connectivity index (χ3n) is 1.92. The van der Waals surface area contributed by atoms with Gasteiger partial charge < -0.3 is 5.32 Å². The number of nitrogens with one attached hydrogen (secondary N) is 1. The Morgan fingerprint density at radius 1 is 1.65 bits per heavy atom. The third-order valence-corrected chi connectivity index (χ3v) is 1.92. The van der Waals surface area contributed by atoms with Gasteiger partial charge >= 0.3 is 0 Å². The van der Waals surface area contributed by atoms with Crippen LogP contribution in [-0.2, 0) is 4.79 Å². The highest BCUT2D eigenvalue weighted by molar-refractivity contribution is 5.73. The van der Waals surface area contributed by atoms with Crippen LogP contribution < -0.4 is 5.32 Å². The van der Waals surface area contributed by atoms with Crippen molar-refractivity contribution >= 4 is 11.6 Å². The summed E-state index contributed by atoms with van der Waals surface area (Å²) < 4.78 is 0. The van der Waals surface area contributed by atoms with Crippen LogP contribution in [0.5, 0.6) is 0 Å². The minimum absolute atomic E-state index is 0.0590. The Hall–Kier alpha value is -2.42. The van der Waals surface area contributed by atoms with Gasteiger partial charge in [0.15, 0.2) is 0 Å². The van der Waals surface area contributed by atoms with Crippen LogP contribution in [0.15, 0.2) is 12.3 Å². The second kappa shape index (κ2) is 5.61. The zero-order valence-corrected chi connectivity index (χ0v) is 9.48. The Labute approximate surface area is 98.2 Å². The molecular weight excluding hydrogens is 222 g/mol. The number of amides is 1. The molecule has 1 aromatic heterocycles. The molecule has 0 radical (unpaired) electrons. The molecule has 0 bridgehead atoms. The topological polar surface area (TPSA) is 85.1 Å². The van der Waals surface area contributed by atoms with Crippen LogP contribution in [0.1, 0.15) is 18.2 Å². The average Bonchev–Trinajstić information content (AvgIpc) is 2.25. The molecule has 0 atom stereocenters. The predicted octanol–water partition coefficient (Wildman–Crippen LogP) is 0.786. The lowest BCUT2D eigenvalue weighted by Gasteiger charge is -1.96. The van der Waals surface area contributed by atoms with Crippen molar-refractivity contribution in [3.63, 3.8) is 0 Å². The van der Waals surface area contributed by atoms with Gasteiger partial charge in [-0.05, 0) is 6.92 Å². The fourth-order valence-electron chi connectivity index (χ4n) is 1.09.